The molecule has 1 aliphatic carbocycles. The van der Waals surface area contributed by atoms with Crippen LogP contribution in [-0.4, -0.2) is 29.6 Å². The van der Waals surface area contributed by atoms with E-state index in [0.717, 1.165) is 11.7 Å². The van der Waals surface area contributed by atoms with E-state index >= 15 is 0 Å². The Morgan fingerprint density at radius 1 is 1.43 bits per heavy atom. The average Bonchev–Trinajstić information content (AvgIpc) is 2.55. The van der Waals surface area contributed by atoms with Crippen molar-refractivity contribution in [2.45, 2.75) is 45.6 Å². The molecule has 82 valence electrons. The van der Waals surface area contributed by atoms with Gasteiger partial charge in [-0.2, -0.15) is 0 Å². The Hall–Kier alpha value is -0.310. The molecule has 0 bridgehead atoms. The highest BCUT2D eigenvalue weighted by Gasteiger charge is 2.17. The van der Waals surface area contributed by atoms with Crippen molar-refractivity contribution >= 4 is 17.3 Å². The van der Waals surface area contributed by atoms with E-state index in [-0.39, 0.29) is 0 Å². The second-order valence-corrected chi connectivity index (χ2v) is 5.09. The first-order valence-corrected chi connectivity index (χ1v) is 6.02. The number of thiocarbonyl (C=S) groups is 1. The quantitative estimate of drug-likeness (QED) is 0.726. The zero-order valence-electron chi connectivity index (χ0n) is 9.55. The Morgan fingerprint density at radius 2 is 2.00 bits per heavy atom. The molecular formula is C11H22N2S. The van der Waals surface area contributed by atoms with Gasteiger partial charge in [0.25, 0.3) is 0 Å². The molecule has 14 heavy (non-hydrogen) atoms. The van der Waals surface area contributed by atoms with Crippen molar-refractivity contribution in [3.8, 4) is 0 Å². The number of hydrogen-bond donors (Lipinski definition) is 1. The summed E-state index contributed by atoms with van der Waals surface area (Å²) in [5.41, 5.74) is 0. The maximum Gasteiger partial charge on any atom is 0.168 e. The van der Waals surface area contributed by atoms with Gasteiger partial charge in [-0.05, 0) is 31.0 Å². The summed E-state index contributed by atoms with van der Waals surface area (Å²) in [7, 11) is 2.07. The van der Waals surface area contributed by atoms with E-state index in [2.05, 4.69) is 31.1 Å². The van der Waals surface area contributed by atoms with Crippen LogP contribution in [0.15, 0.2) is 0 Å². The molecule has 0 aromatic rings. The predicted molar refractivity (Wildman–Crippen MR) is 65.5 cm³/mol. The minimum absolute atomic E-state index is 0.636. The fourth-order valence-corrected chi connectivity index (χ4v) is 2.23. The van der Waals surface area contributed by atoms with Gasteiger partial charge < -0.3 is 10.2 Å². The highest BCUT2D eigenvalue weighted by molar-refractivity contribution is 7.80. The maximum absolute atomic E-state index is 5.35. The van der Waals surface area contributed by atoms with Crippen LogP contribution in [0.1, 0.15) is 39.5 Å². The van der Waals surface area contributed by atoms with Crippen LogP contribution in [0.25, 0.3) is 0 Å². The second kappa shape index (κ2) is 5.54. The van der Waals surface area contributed by atoms with Gasteiger partial charge in [0.2, 0.25) is 0 Å². The summed E-state index contributed by atoms with van der Waals surface area (Å²) < 4.78 is 0. The van der Waals surface area contributed by atoms with Crippen LogP contribution in [0.3, 0.4) is 0 Å². The molecule has 0 unspecified atom stereocenters. The standard InChI is InChI=1S/C11H22N2S/c1-9(2)8-13(3)11(14)12-10-6-4-5-7-10/h9-10H,4-8H2,1-3H3,(H,12,14). The van der Waals surface area contributed by atoms with Crippen LogP contribution in [0.2, 0.25) is 0 Å². The van der Waals surface area contributed by atoms with Gasteiger partial charge in [0.05, 0.1) is 0 Å². The van der Waals surface area contributed by atoms with Crippen molar-refractivity contribution in [3.05, 3.63) is 0 Å². The predicted octanol–water partition coefficient (Wildman–Crippen LogP) is 2.39. The summed E-state index contributed by atoms with van der Waals surface area (Å²) in [4.78, 5) is 2.15. The van der Waals surface area contributed by atoms with Gasteiger partial charge in [0.1, 0.15) is 0 Å². The number of rotatable bonds is 3. The summed E-state index contributed by atoms with van der Waals surface area (Å²) in [5, 5.41) is 4.36. The number of hydrogen-bond acceptors (Lipinski definition) is 1. The van der Waals surface area contributed by atoms with Gasteiger partial charge >= 0.3 is 0 Å². The molecule has 0 aromatic carbocycles. The number of nitrogens with one attached hydrogen (secondary N) is 1. The van der Waals surface area contributed by atoms with Crippen molar-refractivity contribution in [1.82, 2.24) is 10.2 Å². The Bertz CT molecular complexity index is 186. The minimum Gasteiger partial charge on any atom is -0.360 e. The summed E-state index contributed by atoms with van der Waals surface area (Å²) in [6.07, 6.45) is 5.29. The SMILES string of the molecule is CC(C)CN(C)C(=S)NC1CCCC1. The monoisotopic (exact) mass is 214 g/mol. The van der Waals surface area contributed by atoms with E-state index in [4.69, 9.17) is 12.2 Å². The molecule has 1 saturated carbocycles. The minimum atomic E-state index is 0.636. The van der Waals surface area contributed by atoms with Gasteiger partial charge in [-0.1, -0.05) is 26.7 Å². The highest BCUT2D eigenvalue weighted by Crippen LogP contribution is 2.17. The third-order valence-electron chi connectivity index (χ3n) is 2.67. The van der Waals surface area contributed by atoms with E-state index in [1.165, 1.54) is 25.7 Å². The first-order chi connectivity index (χ1) is 6.59. The van der Waals surface area contributed by atoms with Crippen molar-refractivity contribution < 1.29 is 0 Å². The van der Waals surface area contributed by atoms with E-state index in [1.54, 1.807) is 0 Å². The van der Waals surface area contributed by atoms with E-state index < -0.39 is 0 Å². The first kappa shape index (κ1) is 11.8. The second-order valence-electron chi connectivity index (χ2n) is 4.71. The van der Waals surface area contributed by atoms with Gasteiger partial charge in [-0.15, -0.1) is 0 Å². The van der Waals surface area contributed by atoms with Crippen LogP contribution < -0.4 is 5.32 Å². The van der Waals surface area contributed by atoms with Crippen LogP contribution in [0.4, 0.5) is 0 Å². The molecule has 0 aliphatic heterocycles. The molecule has 1 fully saturated rings. The Labute approximate surface area is 93.1 Å². The van der Waals surface area contributed by atoms with Crippen molar-refractivity contribution in [3.63, 3.8) is 0 Å². The van der Waals surface area contributed by atoms with Gasteiger partial charge in [-0.3, -0.25) is 0 Å². The molecule has 3 heteroatoms. The average molecular weight is 214 g/mol. The Balaban J connectivity index is 2.25. The molecule has 0 radical (unpaired) electrons. The molecule has 1 rings (SSSR count). The van der Waals surface area contributed by atoms with Crippen molar-refractivity contribution in [2.75, 3.05) is 13.6 Å². The maximum atomic E-state index is 5.35. The molecule has 0 spiro atoms. The normalized spacial score (nSPS) is 17.4. The van der Waals surface area contributed by atoms with Crippen molar-refractivity contribution in [2.24, 2.45) is 5.92 Å². The van der Waals surface area contributed by atoms with Crippen LogP contribution >= 0.6 is 12.2 Å². The molecule has 0 atom stereocenters. The Kier molecular flexibility index (Phi) is 4.66. The van der Waals surface area contributed by atoms with Crippen LogP contribution in [0, 0.1) is 5.92 Å². The van der Waals surface area contributed by atoms with Gasteiger partial charge in [0, 0.05) is 19.6 Å². The van der Waals surface area contributed by atoms with Gasteiger partial charge in [-0.25, -0.2) is 0 Å². The van der Waals surface area contributed by atoms with Crippen LogP contribution in [0.5, 0.6) is 0 Å². The molecule has 0 saturated heterocycles. The molecule has 0 aromatic heterocycles. The van der Waals surface area contributed by atoms with Gasteiger partial charge in [0.15, 0.2) is 5.11 Å². The molecule has 0 heterocycles. The third-order valence-corrected chi connectivity index (χ3v) is 3.10. The van der Waals surface area contributed by atoms with E-state index in [1.807, 2.05) is 0 Å². The highest BCUT2D eigenvalue weighted by atomic mass is 32.1. The fraction of sp³-hybridized carbons (Fsp3) is 0.909. The fourth-order valence-electron chi connectivity index (χ4n) is 1.99. The first-order valence-electron chi connectivity index (χ1n) is 5.61. The lowest BCUT2D eigenvalue weighted by Gasteiger charge is -2.25. The zero-order chi connectivity index (χ0) is 10.6. The third kappa shape index (κ3) is 3.82. The molecule has 2 nitrogen and oxygen atoms in total. The topological polar surface area (TPSA) is 15.3 Å². The lowest BCUT2D eigenvalue weighted by atomic mass is 10.2. The lowest BCUT2D eigenvalue weighted by Crippen LogP contribution is -2.43. The molecule has 1 N–H and O–H groups in total. The largest absolute Gasteiger partial charge is 0.360 e. The smallest absolute Gasteiger partial charge is 0.168 e. The summed E-state index contributed by atoms with van der Waals surface area (Å²) in [6, 6.07) is 0.636. The number of nitrogens with zero attached hydrogens (tertiary/aromatic N) is 1. The lowest BCUT2D eigenvalue weighted by molar-refractivity contribution is 0.411. The summed E-state index contributed by atoms with van der Waals surface area (Å²) in [6.45, 7) is 5.47. The van der Waals surface area contributed by atoms with E-state index in [0.29, 0.717) is 12.0 Å². The van der Waals surface area contributed by atoms with Crippen molar-refractivity contribution in [1.29, 1.82) is 0 Å². The molecular weight excluding hydrogens is 192 g/mol. The molecule has 1 aliphatic rings. The summed E-state index contributed by atoms with van der Waals surface area (Å²) in [5.74, 6) is 0.670. The van der Waals surface area contributed by atoms with E-state index in [9.17, 15) is 0 Å². The summed E-state index contributed by atoms with van der Waals surface area (Å²) >= 11 is 5.35. The Morgan fingerprint density at radius 3 is 2.50 bits per heavy atom. The zero-order valence-corrected chi connectivity index (χ0v) is 10.4. The van der Waals surface area contributed by atoms with Crippen LogP contribution in [-0.2, 0) is 0 Å². The molecule has 0 amide bonds.